The number of benzene rings is 1. The lowest BCUT2D eigenvalue weighted by Gasteiger charge is -2.35. The van der Waals surface area contributed by atoms with Crippen molar-refractivity contribution >= 4 is 17.5 Å². The summed E-state index contributed by atoms with van der Waals surface area (Å²) in [6.45, 7) is 0. The van der Waals surface area contributed by atoms with Gasteiger partial charge in [0, 0.05) is 11.1 Å². The molecule has 1 aromatic carbocycles. The van der Waals surface area contributed by atoms with Crippen molar-refractivity contribution < 1.29 is 4.79 Å². The van der Waals surface area contributed by atoms with E-state index < -0.39 is 5.54 Å². The lowest BCUT2D eigenvalue weighted by Crippen LogP contribution is -2.55. The van der Waals surface area contributed by atoms with E-state index in [-0.39, 0.29) is 5.91 Å². The van der Waals surface area contributed by atoms with Crippen LogP contribution in [0.3, 0.4) is 0 Å². The van der Waals surface area contributed by atoms with Crippen LogP contribution in [0.15, 0.2) is 18.2 Å². The molecule has 0 saturated heterocycles. The predicted molar refractivity (Wildman–Crippen MR) is 80.7 cm³/mol. The number of nitrogens with two attached hydrogens (primary N) is 1. The first-order valence-electron chi connectivity index (χ1n) is 7.48. The molecule has 0 aromatic heterocycles. The van der Waals surface area contributed by atoms with E-state index in [0.29, 0.717) is 6.04 Å². The minimum absolute atomic E-state index is 0.260. The van der Waals surface area contributed by atoms with Gasteiger partial charge in [0.1, 0.15) is 5.54 Å². The van der Waals surface area contributed by atoms with Crippen LogP contribution in [-0.2, 0) is 16.8 Å². The maximum absolute atomic E-state index is 12.2. The maximum Gasteiger partial charge on any atom is 0.242 e. The Morgan fingerprint density at radius 2 is 2.05 bits per heavy atom. The Labute approximate surface area is 124 Å². The number of hydrogen-bond acceptors (Lipinski definition) is 2. The Morgan fingerprint density at radius 1 is 1.30 bits per heavy atom. The number of hydrogen-bond donors (Lipinski definition) is 2. The molecule has 2 aliphatic rings. The molecule has 3 rings (SSSR count). The molecule has 0 bridgehead atoms. The standard InChI is InChI=1S/C16H21ClN2O/c17-12-6-7-14-11(10-12)8-9-16(14,15(18)20)19-13-4-2-1-3-5-13/h6-7,10,13,19H,1-5,8-9H2,(H2,18,20). The van der Waals surface area contributed by atoms with E-state index in [0.717, 1.165) is 41.8 Å². The van der Waals surface area contributed by atoms with Crippen molar-refractivity contribution in [2.24, 2.45) is 5.73 Å². The third kappa shape index (κ3) is 2.33. The van der Waals surface area contributed by atoms with Crippen LogP contribution in [-0.4, -0.2) is 11.9 Å². The number of aryl methyl sites for hydroxylation is 1. The molecule has 1 fully saturated rings. The van der Waals surface area contributed by atoms with Crippen LogP contribution in [0.1, 0.15) is 49.7 Å². The van der Waals surface area contributed by atoms with Crippen molar-refractivity contribution in [3.05, 3.63) is 34.3 Å². The average Bonchev–Trinajstić information content (AvgIpc) is 2.79. The Balaban J connectivity index is 1.92. The molecule has 3 N–H and O–H groups in total. The van der Waals surface area contributed by atoms with Crippen LogP contribution in [0, 0.1) is 0 Å². The molecule has 3 nitrogen and oxygen atoms in total. The van der Waals surface area contributed by atoms with Gasteiger partial charge in [0.05, 0.1) is 0 Å². The second kappa shape index (κ2) is 5.38. The van der Waals surface area contributed by atoms with Gasteiger partial charge in [-0.15, -0.1) is 0 Å². The number of carbonyl (C=O) groups excluding carboxylic acids is 1. The molecule has 108 valence electrons. The lowest BCUT2D eigenvalue weighted by atomic mass is 9.86. The van der Waals surface area contributed by atoms with Gasteiger partial charge in [-0.1, -0.05) is 36.9 Å². The number of rotatable bonds is 3. The Morgan fingerprint density at radius 3 is 2.75 bits per heavy atom. The Kier molecular flexibility index (Phi) is 3.74. The fraction of sp³-hybridized carbons (Fsp3) is 0.562. The van der Waals surface area contributed by atoms with Crippen molar-refractivity contribution in [2.45, 2.75) is 56.5 Å². The van der Waals surface area contributed by atoms with Crippen LogP contribution in [0.2, 0.25) is 5.02 Å². The third-order valence-electron chi connectivity index (χ3n) is 4.77. The third-order valence-corrected chi connectivity index (χ3v) is 5.01. The van der Waals surface area contributed by atoms with Gasteiger partial charge in [-0.05, 0) is 48.9 Å². The summed E-state index contributed by atoms with van der Waals surface area (Å²) in [4.78, 5) is 12.2. The SMILES string of the molecule is NC(=O)C1(NC2CCCCC2)CCc2cc(Cl)ccc21. The quantitative estimate of drug-likeness (QED) is 0.900. The molecule has 1 aromatic rings. The van der Waals surface area contributed by atoms with Crippen molar-refractivity contribution in [1.82, 2.24) is 5.32 Å². The molecule has 1 atom stereocenters. The summed E-state index contributed by atoms with van der Waals surface area (Å²) in [7, 11) is 0. The van der Waals surface area contributed by atoms with Crippen LogP contribution in [0.4, 0.5) is 0 Å². The zero-order valence-electron chi connectivity index (χ0n) is 11.6. The van der Waals surface area contributed by atoms with Crippen LogP contribution in [0.25, 0.3) is 0 Å². The summed E-state index contributed by atoms with van der Waals surface area (Å²) >= 11 is 6.05. The summed E-state index contributed by atoms with van der Waals surface area (Å²) in [5.74, 6) is -0.260. The first kappa shape index (κ1) is 13.9. The Bertz CT molecular complexity index is 525. The zero-order chi connectivity index (χ0) is 14.2. The van der Waals surface area contributed by atoms with E-state index in [1.165, 1.54) is 19.3 Å². The van der Waals surface area contributed by atoms with Crippen molar-refractivity contribution in [3.8, 4) is 0 Å². The molecule has 0 heterocycles. The molecule has 0 aliphatic heterocycles. The van der Waals surface area contributed by atoms with Gasteiger partial charge in [0.2, 0.25) is 5.91 Å². The number of halogens is 1. The second-order valence-corrected chi connectivity index (χ2v) is 6.49. The van der Waals surface area contributed by atoms with Crippen LogP contribution >= 0.6 is 11.6 Å². The summed E-state index contributed by atoms with van der Waals surface area (Å²) in [6.07, 6.45) is 7.65. The minimum atomic E-state index is -0.693. The molecule has 2 aliphatic carbocycles. The van der Waals surface area contributed by atoms with Gasteiger partial charge in [-0.2, -0.15) is 0 Å². The topological polar surface area (TPSA) is 55.1 Å². The van der Waals surface area contributed by atoms with E-state index >= 15 is 0 Å². The number of amides is 1. The summed E-state index contributed by atoms with van der Waals surface area (Å²) in [6, 6.07) is 6.18. The summed E-state index contributed by atoms with van der Waals surface area (Å²) < 4.78 is 0. The molecule has 0 radical (unpaired) electrons. The van der Waals surface area contributed by atoms with Gasteiger partial charge in [0.15, 0.2) is 0 Å². The summed E-state index contributed by atoms with van der Waals surface area (Å²) in [5.41, 5.74) is 7.26. The van der Waals surface area contributed by atoms with E-state index in [1.807, 2.05) is 18.2 Å². The van der Waals surface area contributed by atoms with E-state index in [4.69, 9.17) is 17.3 Å². The highest BCUT2D eigenvalue weighted by molar-refractivity contribution is 6.30. The van der Waals surface area contributed by atoms with E-state index in [1.54, 1.807) is 0 Å². The van der Waals surface area contributed by atoms with E-state index in [9.17, 15) is 4.79 Å². The summed E-state index contributed by atoms with van der Waals surface area (Å²) in [5, 5.41) is 4.31. The normalized spacial score (nSPS) is 26.4. The monoisotopic (exact) mass is 292 g/mol. The lowest BCUT2D eigenvalue weighted by molar-refractivity contribution is -0.125. The maximum atomic E-state index is 12.2. The van der Waals surface area contributed by atoms with Crippen molar-refractivity contribution in [2.75, 3.05) is 0 Å². The second-order valence-electron chi connectivity index (χ2n) is 6.05. The van der Waals surface area contributed by atoms with Gasteiger partial charge in [-0.3, -0.25) is 10.1 Å². The number of nitrogens with one attached hydrogen (secondary N) is 1. The predicted octanol–water partition coefficient (Wildman–Crippen LogP) is 2.89. The average molecular weight is 293 g/mol. The Hall–Kier alpha value is -1.06. The van der Waals surface area contributed by atoms with Gasteiger partial charge < -0.3 is 5.73 Å². The van der Waals surface area contributed by atoms with E-state index in [2.05, 4.69) is 5.32 Å². The highest BCUT2D eigenvalue weighted by atomic mass is 35.5. The fourth-order valence-corrected chi connectivity index (χ4v) is 3.91. The molecule has 20 heavy (non-hydrogen) atoms. The van der Waals surface area contributed by atoms with Crippen molar-refractivity contribution in [3.63, 3.8) is 0 Å². The fourth-order valence-electron chi connectivity index (χ4n) is 3.71. The van der Waals surface area contributed by atoms with Crippen LogP contribution in [0.5, 0.6) is 0 Å². The molecule has 0 spiro atoms. The highest BCUT2D eigenvalue weighted by Crippen LogP contribution is 2.39. The zero-order valence-corrected chi connectivity index (χ0v) is 12.4. The molecule has 1 unspecified atom stereocenters. The first-order valence-corrected chi connectivity index (χ1v) is 7.86. The van der Waals surface area contributed by atoms with Gasteiger partial charge in [0.25, 0.3) is 0 Å². The molecule has 1 amide bonds. The van der Waals surface area contributed by atoms with Crippen LogP contribution < -0.4 is 11.1 Å². The molecular formula is C16H21ClN2O. The first-order chi connectivity index (χ1) is 9.62. The minimum Gasteiger partial charge on any atom is -0.368 e. The molecule has 1 saturated carbocycles. The number of carbonyl (C=O) groups is 1. The smallest absolute Gasteiger partial charge is 0.242 e. The highest BCUT2D eigenvalue weighted by Gasteiger charge is 2.45. The molecule has 4 heteroatoms. The molecular weight excluding hydrogens is 272 g/mol. The number of primary amides is 1. The van der Waals surface area contributed by atoms with Crippen molar-refractivity contribution in [1.29, 1.82) is 0 Å². The largest absolute Gasteiger partial charge is 0.368 e. The van der Waals surface area contributed by atoms with Gasteiger partial charge >= 0.3 is 0 Å². The van der Waals surface area contributed by atoms with Gasteiger partial charge in [-0.25, -0.2) is 0 Å². The number of fused-ring (bicyclic) bond motifs is 1.